The van der Waals surface area contributed by atoms with Crippen LogP contribution in [0.3, 0.4) is 0 Å². The maximum absolute atomic E-state index is 6.08. The van der Waals surface area contributed by atoms with Gasteiger partial charge in [0.15, 0.2) is 0 Å². The van der Waals surface area contributed by atoms with Crippen LogP contribution in [0.2, 0.25) is 5.02 Å². The molecular weight excluding hydrogens is 362 g/mol. The van der Waals surface area contributed by atoms with Crippen LogP contribution < -0.4 is 4.74 Å². The third-order valence-electron chi connectivity index (χ3n) is 4.61. The average molecular weight is 384 g/mol. The van der Waals surface area contributed by atoms with Crippen LogP contribution >= 0.6 is 11.6 Å². The molecule has 0 unspecified atom stereocenters. The summed E-state index contributed by atoms with van der Waals surface area (Å²) in [6, 6.07) is 17.8. The first-order valence-electron chi connectivity index (χ1n) is 9.13. The predicted molar refractivity (Wildman–Crippen MR) is 107 cm³/mol. The zero-order chi connectivity index (χ0) is 18.5. The van der Waals surface area contributed by atoms with Gasteiger partial charge >= 0.3 is 0 Å². The molecule has 1 aliphatic rings. The van der Waals surface area contributed by atoms with Crippen LogP contribution in [0.5, 0.6) is 5.88 Å². The molecule has 0 N–H and O–H groups in total. The van der Waals surface area contributed by atoms with Crippen molar-refractivity contribution in [1.29, 1.82) is 0 Å². The van der Waals surface area contributed by atoms with E-state index in [1.165, 1.54) is 0 Å². The lowest BCUT2D eigenvalue weighted by atomic mass is 10.1. The number of nitrogens with zero attached hydrogens (tertiary/aromatic N) is 3. The third kappa shape index (κ3) is 4.50. The molecule has 0 spiro atoms. The van der Waals surface area contributed by atoms with Crippen molar-refractivity contribution in [3.63, 3.8) is 0 Å². The molecule has 27 heavy (non-hydrogen) atoms. The first-order chi connectivity index (χ1) is 13.3. The molecule has 1 saturated heterocycles. The van der Waals surface area contributed by atoms with Gasteiger partial charge in [0.2, 0.25) is 5.88 Å². The second-order valence-corrected chi connectivity index (χ2v) is 6.87. The number of halogens is 1. The Balaban J connectivity index is 1.56. The Hall–Kier alpha value is -2.34. The van der Waals surface area contributed by atoms with Gasteiger partial charge in [0.25, 0.3) is 0 Å². The monoisotopic (exact) mass is 383 g/mol. The summed E-state index contributed by atoms with van der Waals surface area (Å²) < 4.78 is 13.3. The number of rotatable bonds is 6. The van der Waals surface area contributed by atoms with Crippen molar-refractivity contribution in [2.75, 3.05) is 39.5 Å². The van der Waals surface area contributed by atoms with Crippen molar-refractivity contribution in [3.8, 4) is 22.7 Å². The summed E-state index contributed by atoms with van der Waals surface area (Å²) in [5, 5.41) is 5.39. The second-order valence-electron chi connectivity index (χ2n) is 6.44. The molecule has 2 aromatic carbocycles. The molecular formula is C21H22ClN3O2. The lowest BCUT2D eigenvalue weighted by molar-refractivity contribution is 0.0320. The van der Waals surface area contributed by atoms with Crippen LogP contribution in [0.15, 0.2) is 60.8 Å². The van der Waals surface area contributed by atoms with Crippen LogP contribution in [0.1, 0.15) is 0 Å². The highest BCUT2D eigenvalue weighted by atomic mass is 35.5. The summed E-state index contributed by atoms with van der Waals surface area (Å²) in [5.41, 5.74) is 2.98. The van der Waals surface area contributed by atoms with Crippen LogP contribution in [0.25, 0.3) is 16.8 Å². The molecule has 0 saturated carbocycles. The average Bonchev–Trinajstić information content (AvgIpc) is 3.14. The highest BCUT2D eigenvalue weighted by Crippen LogP contribution is 2.31. The highest BCUT2D eigenvalue weighted by molar-refractivity contribution is 6.30. The fraction of sp³-hybridized carbons (Fsp3) is 0.286. The van der Waals surface area contributed by atoms with E-state index in [2.05, 4.69) is 10.00 Å². The molecule has 0 aliphatic carbocycles. The molecule has 1 aromatic heterocycles. The summed E-state index contributed by atoms with van der Waals surface area (Å²) >= 11 is 6.04. The SMILES string of the molecule is Clc1ccc(-c2cn(-c3ccccc3)nc2OCCN2CCOCC2)cc1. The molecule has 1 fully saturated rings. The fourth-order valence-electron chi connectivity index (χ4n) is 3.10. The van der Waals surface area contributed by atoms with E-state index in [-0.39, 0.29) is 0 Å². The molecule has 1 aliphatic heterocycles. The van der Waals surface area contributed by atoms with Gasteiger partial charge in [0, 0.05) is 30.9 Å². The summed E-state index contributed by atoms with van der Waals surface area (Å²) in [4.78, 5) is 2.35. The van der Waals surface area contributed by atoms with E-state index in [0.29, 0.717) is 17.5 Å². The predicted octanol–water partition coefficient (Wildman–Crippen LogP) is 3.90. The zero-order valence-corrected chi connectivity index (χ0v) is 15.8. The molecule has 0 radical (unpaired) electrons. The maximum atomic E-state index is 6.08. The summed E-state index contributed by atoms with van der Waals surface area (Å²) in [7, 11) is 0. The molecule has 5 nitrogen and oxygen atoms in total. The fourth-order valence-corrected chi connectivity index (χ4v) is 3.23. The topological polar surface area (TPSA) is 39.5 Å². The minimum Gasteiger partial charge on any atom is -0.475 e. The molecule has 3 aromatic rings. The van der Waals surface area contributed by atoms with Gasteiger partial charge in [-0.3, -0.25) is 4.90 Å². The van der Waals surface area contributed by atoms with Crippen molar-refractivity contribution in [2.24, 2.45) is 0 Å². The summed E-state index contributed by atoms with van der Waals surface area (Å²) in [5.74, 6) is 0.634. The van der Waals surface area contributed by atoms with Crippen molar-refractivity contribution in [3.05, 3.63) is 65.8 Å². The Morgan fingerprint density at radius 2 is 1.74 bits per heavy atom. The molecule has 0 amide bonds. The van der Waals surface area contributed by atoms with Gasteiger partial charge in [-0.15, -0.1) is 5.10 Å². The van der Waals surface area contributed by atoms with E-state index in [1.54, 1.807) is 0 Å². The largest absolute Gasteiger partial charge is 0.475 e. The zero-order valence-electron chi connectivity index (χ0n) is 15.1. The number of morpholine rings is 1. The smallest absolute Gasteiger partial charge is 0.241 e. The first-order valence-corrected chi connectivity index (χ1v) is 9.51. The molecule has 2 heterocycles. The standard InChI is InChI=1S/C21H22ClN3O2/c22-18-8-6-17(7-9-18)20-16-25(19-4-2-1-3-5-19)23-21(20)27-15-12-24-10-13-26-14-11-24/h1-9,16H,10-15H2. The molecule has 140 valence electrons. The van der Waals surface area contributed by atoms with Crippen molar-refractivity contribution >= 4 is 11.6 Å². The minimum absolute atomic E-state index is 0.590. The third-order valence-corrected chi connectivity index (χ3v) is 4.86. The van der Waals surface area contributed by atoms with E-state index >= 15 is 0 Å². The number of hydrogen-bond donors (Lipinski definition) is 0. The van der Waals surface area contributed by atoms with Crippen LogP contribution in [-0.2, 0) is 4.74 Å². The normalized spacial score (nSPS) is 15.0. The van der Waals surface area contributed by atoms with Gasteiger partial charge in [-0.25, -0.2) is 4.68 Å². The Labute approximate surface area is 164 Å². The van der Waals surface area contributed by atoms with Gasteiger partial charge in [-0.1, -0.05) is 41.9 Å². The Morgan fingerprint density at radius 1 is 1.00 bits per heavy atom. The van der Waals surface area contributed by atoms with E-state index in [4.69, 9.17) is 21.1 Å². The van der Waals surface area contributed by atoms with Crippen molar-refractivity contribution < 1.29 is 9.47 Å². The second kappa shape index (κ2) is 8.57. The van der Waals surface area contributed by atoms with Gasteiger partial charge in [0.1, 0.15) is 6.61 Å². The van der Waals surface area contributed by atoms with Crippen molar-refractivity contribution in [1.82, 2.24) is 14.7 Å². The van der Waals surface area contributed by atoms with Crippen LogP contribution in [0, 0.1) is 0 Å². The summed E-state index contributed by atoms with van der Waals surface area (Å²) in [6.45, 7) is 4.93. The van der Waals surface area contributed by atoms with Gasteiger partial charge < -0.3 is 9.47 Å². The number of aromatic nitrogens is 2. The van der Waals surface area contributed by atoms with E-state index in [1.807, 2.05) is 65.5 Å². The highest BCUT2D eigenvalue weighted by Gasteiger charge is 2.15. The molecule has 4 rings (SSSR count). The Bertz CT molecular complexity index is 859. The number of benzene rings is 2. The van der Waals surface area contributed by atoms with Gasteiger partial charge in [-0.05, 0) is 29.8 Å². The lowest BCUT2D eigenvalue weighted by Crippen LogP contribution is -2.38. The van der Waals surface area contributed by atoms with Crippen molar-refractivity contribution in [2.45, 2.75) is 0 Å². The quantitative estimate of drug-likeness (QED) is 0.647. The van der Waals surface area contributed by atoms with Crippen LogP contribution in [0.4, 0.5) is 0 Å². The molecule has 0 atom stereocenters. The number of ether oxygens (including phenoxy) is 2. The minimum atomic E-state index is 0.590. The number of para-hydroxylation sites is 1. The molecule has 0 bridgehead atoms. The Morgan fingerprint density at radius 3 is 2.48 bits per heavy atom. The van der Waals surface area contributed by atoms with E-state index < -0.39 is 0 Å². The Kier molecular flexibility index (Phi) is 5.72. The first kappa shape index (κ1) is 18.0. The van der Waals surface area contributed by atoms with E-state index in [9.17, 15) is 0 Å². The van der Waals surface area contributed by atoms with Gasteiger partial charge in [-0.2, -0.15) is 0 Å². The summed E-state index contributed by atoms with van der Waals surface area (Å²) in [6.07, 6.45) is 2.00. The number of hydrogen-bond acceptors (Lipinski definition) is 4. The van der Waals surface area contributed by atoms with E-state index in [0.717, 1.165) is 49.7 Å². The molecule has 6 heteroatoms. The lowest BCUT2D eigenvalue weighted by Gasteiger charge is -2.26. The van der Waals surface area contributed by atoms with Gasteiger partial charge in [0.05, 0.1) is 24.5 Å². The maximum Gasteiger partial charge on any atom is 0.241 e. The van der Waals surface area contributed by atoms with Crippen LogP contribution in [-0.4, -0.2) is 54.1 Å².